The van der Waals surface area contributed by atoms with Gasteiger partial charge in [-0.2, -0.15) is 5.10 Å². The van der Waals surface area contributed by atoms with Crippen LogP contribution in [-0.2, 0) is 16.0 Å². The average Bonchev–Trinajstić information content (AvgIpc) is 3.00. The molecule has 128 valence electrons. The van der Waals surface area contributed by atoms with Gasteiger partial charge in [-0.3, -0.25) is 14.3 Å². The molecule has 0 fully saturated rings. The zero-order valence-corrected chi connectivity index (χ0v) is 14.6. The number of rotatable bonds is 5. The van der Waals surface area contributed by atoms with E-state index in [0.717, 1.165) is 16.8 Å². The molecule has 0 spiro atoms. The first-order chi connectivity index (χ1) is 11.4. The summed E-state index contributed by atoms with van der Waals surface area (Å²) in [5.41, 5.74) is 3.49. The Kier molecular flexibility index (Phi) is 5.73. The largest absolute Gasteiger partial charge is 0.347 e. The Morgan fingerprint density at radius 2 is 1.92 bits per heavy atom. The molecule has 0 aliphatic heterocycles. The van der Waals surface area contributed by atoms with Crippen molar-refractivity contribution < 1.29 is 9.59 Å². The fourth-order valence-corrected chi connectivity index (χ4v) is 2.23. The third-order valence-electron chi connectivity index (χ3n) is 3.71. The van der Waals surface area contributed by atoms with Gasteiger partial charge in [-0.25, -0.2) is 0 Å². The Morgan fingerprint density at radius 3 is 2.58 bits per heavy atom. The van der Waals surface area contributed by atoms with Gasteiger partial charge < -0.3 is 10.6 Å². The second-order valence-corrected chi connectivity index (χ2v) is 6.16. The summed E-state index contributed by atoms with van der Waals surface area (Å²) in [4.78, 5) is 23.9. The molecule has 1 heterocycles. The molecule has 0 bridgehead atoms. The molecular formula is C18H24N4O2. The Balaban J connectivity index is 1.83. The number of anilines is 1. The average molecular weight is 328 g/mol. The van der Waals surface area contributed by atoms with Crippen molar-refractivity contribution in [3.63, 3.8) is 0 Å². The molecule has 0 radical (unpaired) electrons. The summed E-state index contributed by atoms with van der Waals surface area (Å²) in [6.45, 7) is 8.30. The van der Waals surface area contributed by atoms with Gasteiger partial charge in [0.25, 0.3) is 0 Å². The van der Waals surface area contributed by atoms with Crippen molar-refractivity contribution in [3.05, 3.63) is 47.3 Å². The van der Waals surface area contributed by atoms with Crippen molar-refractivity contribution in [2.45, 2.75) is 40.2 Å². The van der Waals surface area contributed by atoms with Gasteiger partial charge in [0.2, 0.25) is 0 Å². The number of amides is 2. The zero-order chi connectivity index (χ0) is 17.7. The van der Waals surface area contributed by atoms with E-state index in [-0.39, 0.29) is 0 Å². The highest BCUT2D eigenvalue weighted by molar-refractivity contribution is 6.39. The molecule has 1 aromatic heterocycles. The molecule has 0 atom stereocenters. The monoisotopic (exact) mass is 328 g/mol. The van der Waals surface area contributed by atoms with Crippen LogP contribution in [-0.4, -0.2) is 28.1 Å². The minimum absolute atomic E-state index is 0.302. The fraction of sp³-hybridized carbons (Fsp3) is 0.389. The highest BCUT2D eigenvalue weighted by Gasteiger charge is 2.14. The number of hydrogen-bond donors (Lipinski definition) is 2. The van der Waals surface area contributed by atoms with Gasteiger partial charge in [-0.1, -0.05) is 12.1 Å². The Labute approximate surface area is 142 Å². The normalized spacial score (nSPS) is 10.7. The van der Waals surface area contributed by atoms with E-state index in [2.05, 4.69) is 29.6 Å². The second-order valence-electron chi connectivity index (χ2n) is 6.16. The Bertz CT molecular complexity index is 734. The number of nitrogens with zero attached hydrogens (tertiary/aromatic N) is 2. The quantitative estimate of drug-likeness (QED) is 0.827. The van der Waals surface area contributed by atoms with E-state index >= 15 is 0 Å². The van der Waals surface area contributed by atoms with Crippen LogP contribution in [0.3, 0.4) is 0 Å². The number of carbonyl (C=O) groups is 2. The maximum Gasteiger partial charge on any atom is 0.313 e. The van der Waals surface area contributed by atoms with E-state index in [9.17, 15) is 9.59 Å². The van der Waals surface area contributed by atoms with E-state index in [1.54, 1.807) is 0 Å². The third kappa shape index (κ3) is 4.68. The summed E-state index contributed by atoms with van der Waals surface area (Å²) < 4.78 is 1.87. The van der Waals surface area contributed by atoms with Gasteiger partial charge in [0, 0.05) is 30.9 Å². The SMILES string of the molecule is Cc1ccc(C)c(NC(=O)C(=O)NCCc2ccn(C(C)C)n2)c1. The van der Waals surface area contributed by atoms with Crippen molar-refractivity contribution in [1.29, 1.82) is 0 Å². The van der Waals surface area contributed by atoms with E-state index < -0.39 is 11.8 Å². The topological polar surface area (TPSA) is 76.0 Å². The van der Waals surface area contributed by atoms with Crippen LogP contribution in [0.2, 0.25) is 0 Å². The van der Waals surface area contributed by atoms with Gasteiger partial charge >= 0.3 is 11.8 Å². The van der Waals surface area contributed by atoms with Crippen LogP contribution in [0.4, 0.5) is 5.69 Å². The van der Waals surface area contributed by atoms with Crippen molar-refractivity contribution >= 4 is 17.5 Å². The molecule has 24 heavy (non-hydrogen) atoms. The molecule has 0 saturated heterocycles. The van der Waals surface area contributed by atoms with Crippen molar-refractivity contribution in [2.75, 3.05) is 11.9 Å². The molecule has 1 aromatic carbocycles. The smallest absolute Gasteiger partial charge is 0.313 e. The van der Waals surface area contributed by atoms with Gasteiger partial charge in [-0.15, -0.1) is 0 Å². The molecule has 0 aliphatic carbocycles. The molecule has 6 heteroatoms. The lowest BCUT2D eigenvalue weighted by atomic mass is 10.1. The van der Waals surface area contributed by atoms with E-state index in [1.165, 1.54) is 0 Å². The molecule has 2 N–H and O–H groups in total. The van der Waals surface area contributed by atoms with E-state index in [4.69, 9.17) is 0 Å². The first-order valence-corrected chi connectivity index (χ1v) is 8.07. The maximum atomic E-state index is 12.0. The Morgan fingerprint density at radius 1 is 1.17 bits per heavy atom. The predicted molar refractivity (Wildman–Crippen MR) is 93.9 cm³/mol. The Hall–Kier alpha value is -2.63. The van der Waals surface area contributed by atoms with Crippen LogP contribution in [0, 0.1) is 13.8 Å². The second kappa shape index (κ2) is 7.77. The van der Waals surface area contributed by atoms with Crippen molar-refractivity contribution in [1.82, 2.24) is 15.1 Å². The van der Waals surface area contributed by atoms with Gasteiger partial charge in [0.1, 0.15) is 0 Å². The van der Waals surface area contributed by atoms with Crippen LogP contribution in [0.1, 0.15) is 36.7 Å². The highest BCUT2D eigenvalue weighted by atomic mass is 16.2. The molecule has 2 rings (SSSR count). The highest BCUT2D eigenvalue weighted by Crippen LogP contribution is 2.16. The van der Waals surface area contributed by atoms with E-state index in [1.807, 2.05) is 49.0 Å². The fourth-order valence-electron chi connectivity index (χ4n) is 2.23. The van der Waals surface area contributed by atoms with Crippen molar-refractivity contribution in [3.8, 4) is 0 Å². The van der Waals surface area contributed by atoms with E-state index in [0.29, 0.717) is 24.7 Å². The van der Waals surface area contributed by atoms with Crippen LogP contribution in [0.15, 0.2) is 30.5 Å². The number of aromatic nitrogens is 2. The first kappa shape index (κ1) is 17.7. The molecule has 0 unspecified atom stereocenters. The summed E-state index contributed by atoms with van der Waals surface area (Å²) in [6.07, 6.45) is 2.50. The number of carbonyl (C=O) groups excluding carboxylic acids is 2. The lowest BCUT2D eigenvalue weighted by molar-refractivity contribution is -0.136. The molecule has 0 saturated carbocycles. The summed E-state index contributed by atoms with van der Waals surface area (Å²) in [5, 5.41) is 9.68. The van der Waals surface area contributed by atoms with Gasteiger partial charge in [0.15, 0.2) is 0 Å². The summed E-state index contributed by atoms with van der Waals surface area (Å²) >= 11 is 0. The number of benzene rings is 1. The lowest BCUT2D eigenvalue weighted by Gasteiger charge is -2.09. The predicted octanol–water partition coefficient (Wildman–Crippen LogP) is 2.38. The third-order valence-corrected chi connectivity index (χ3v) is 3.71. The molecule has 2 aromatic rings. The maximum absolute atomic E-state index is 12.0. The summed E-state index contributed by atoms with van der Waals surface area (Å²) in [7, 11) is 0. The van der Waals surface area contributed by atoms with Crippen LogP contribution < -0.4 is 10.6 Å². The lowest BCUT2D eigenvalue weighted by Crippen LogP contribution is -2.36. The molecule has 6 nitrogen and oxygen atoms in total. The molecule has 0 aliphatic rings. The van der Waals surface area contributed by atoms with Gasteiger partial charge in [-0.05, 0) is 51.0 Å². The minimum Gasteiger partial charge on any atom is -0.347 e. The zero-order valence-electron chi connectivity index (χ0n) is 14.6. The summed E-state index contributed by atoms with van der Waals surface area (Å²) in [6, 6.07) is 7.94. The van der Waals surface area contributed by atoms with Gasteiger partial charge in [0.05, 0.1) is 5.69 Å². The standard InChI is InChI=1S/C18H24N4O2/c1-12(2)22-10-8-15(21-22)7-9-19-17(23)18(24)20-16-11-13(3)5-6-14(16)4/h5-6,8,10-12H,7,9H2,1-4H3,(H,19,23)(H,20,24). The van der Waals surface area contributed by atoms with Crippen LogP contribution in [0.5, 0.6) is 0 Å². The molecule has 2 amide bonds. The number of aryl methyl sites for hydroxylation is 2. The molecular weight excluding hydrogens is 304 g/mol. The van der Waals surface area contributed by atoms with Crippen LogP contribution in [0.25, 0.3) is 0 Å². The minimum atomic E-state index is -0.656. The van der Waals surface area contributed by atoms with Crippen LogP contribution >= 0.6 is 0 Å². The first-order valence-electron chi connectivity index (χ1n) is 8.07. The number of nitrogens with one attached hydrogen (secondary N) is 2. The number of hydrogen-bond acceptors (Lipinski definition) is 3. The van der Waals surface area contributed by atoms with Crippen molar-refractivity contribution in [2.24, 2.45) is 0 Å². The summed E-state index contributed by atoms with van der Waals surface area (Å²) in [5.74, 6) is -1.30.